The molecule has 2 aromatic rings. The van der Waals surface area contributed by atoms with Crippen molar-refractivity contribution in [1.82, 2.24) is 0 Å². The van der Waals surface area contributed by atoms with Crippen LogP contribution >= 0.6 is 11.6 Å². The minimum Gasteiger partial charge on any atom is -0.352 e. The van der Waals surface area contributed by atoms with Crippen molar-refractivity contribution >= 4 is 23.2 Å². The highest BCUT2D eigenvalue weighted by atomic mass is 35.5. The van der Waals surface area contributed by atoms with Crippen molar-refractivity contribution in [1.29, 1.82) is 0 Å². The molecule has 2 unspecified atom stereocenters. The first-order chi connectivity index (χ1) is 10.6. The van der Waals surface area contributed by atoms with Crippen molar-refractivity contribution in [3.8, 4) is 0 Å². The summed E-state index contributed by atoms with van der Waals surface area (Å²) in [6.45, 7) is 0. The quantitative estimate of drug-likeness (QED) is 0.747. The summed E-state index contributed by atoms with van der Waals surface area (Å²) in [7, 11) is 0. The number of halogens is 1. The second-order valence-corrected chi connectivity index (χ2v) is 6.17. The zero-order chi connectivity index (χ0) is 15.3. The molecule has 2 atom stereocenters. The Labute approximate surface area is 132 Å². The number of hydrogen-bond acceptors (Lipinski definition) is 3. The number of ether oxygens (including phenoxy) is 1. The molecular weight excluding hydrogens is 300 g/mol. The van der Waals surface area contributed by atoms with E-state index in [1.807, 2.05) is 12.1 Å². The van der Waals surface area contributed by atoms with Crippen LogP contribution in [-0.4, -0.2) is 17.2 Å². The summed E-state index contributed by atoms with van der Waals surface area (Å²) >= 11 is 5.90. The van der Waals surface area contributed by atoms with Crippen LogP contribution in [0.25, 0.3) is 0 Å². The van der Waals surface area contributed by atoms with Crippen molar-refractivity contribution in [2.45, 2.75) is 24.5 Å². The first-order valence-electron chi connectivity index (χ1n) is 7.22. The van der Waals surface area contributed by atoms with Crippen LogP contribution < -0.4 is 0 Å². The summed E-state index contributed by atoms with van der Waals surface area (Å²) in [5, 5.41) is 0.645. The predicted octanol–water partition coefficient (Wildman–Crippen LogP) is 4.01. The molecule has 1 heterocycles. The summed E-state index contributed by atoms with van der Waals surface area (Å²) in [4.78, 5) is 25.1. The predicted molar refractivity (Wildman–Crippen MR) is 82.3 cm³/mol. The largest absolute Gasteiger partial charge is 0.352 e. The molecule has 1 saturated heterocycles. The molecule has 0 radical (unpaired) electrons. The average molecular weight is 313 g/mol. The van der Waals surface area contributed by atoms with Crippen molar-refractivity contribution < 1.29 is 14.3 Å². The Kier molecular flexibility index (Phi) is 2.96. The van der Waals surface area contributed by atoms with Crippen LogP contribution in [-0.2, 0) is 4.74 Å². The Morgan fingerprint density at radius 2 is 1.68 bits per heavy atom. The fourth-order valence-electron chi connectivity index (χ4n) is 3.21. The summed E-state index contributed by atoms with van der Waals surface area (Å²) in [6.07, 6.45) is 0.454. The number of benzene rings is 2. The van der Waals surface area contributed by atoms with Gasteiger partial charge in [0.15, 0.2) is 17.2 Å². The highest BCUT2D eigenvalue weighted by Crippen LogP contribution is 2.55. The second kappa shape index (κ2) is 4.77. The molecule has 4 heteroatoms. The van der Waals surface area contributed by atoms with Gasteiger partial charge in [0.05, 0.1) is 0 Å². The number of Topliss-reactive ketones (excluding diaryl/α,β-unsaturated/α-hetero) is 2. The molecule has 2 aromatic carbocycles. The van der Waals surface area contributed by atoms with E-state index in [1.165, 1.54) is 0 Å². The van der Waals surface area contributed by atoms with Gasteiger partial charge in [-0.3, -0.25) is 9.59 Å². The van der Waals surface area contributed by atoms with Crippen LogP contribution in [0.15, 0.2) is 48.5 Å². The van der Waals surface area contributed by atoms with E-state index in [0.717, 1.165) is 5.56 Å². The van der Waals surface area contributed by atoms with Gasteiger partial charge < -0.3 is 4.74 Å². The van der Waals surface area contributed by atoms with E-state index in [0.29, 0.717) is 29.0 Å². The number of ketones is 2. The van der Waals surface area contributed by atoms with Gasteiger partial charge in [0.25, 0.3) is 0 Å². The number of fused-ring (bicyclic) bond motifs is 1. The molecule has 0 aromatic heterocycles. The molecule has 0 amide bonds. The van der Waals surface area contributed by atoms with E-state index in [2.05, 4.69) is 0 Å². The molecule has 1 aliphatic carbocycles. The van der Waals surface area contributed by atoms with E-state index in [-0.39, 0.29) is 17.7 Å². The topological polar surface area (TPSA) is 46.7 Å². The fraction of sp³-hybridized carbons (Fsp3) is 0.222. The van der Waals surface area contributed by atoms with Gasteiger partial charge in [-0.05, 0) is 24.1 Å². The molecule has 0 bridgehead atoms. The third-order valence-corrected chi connectivity index (χ3v) is 4.70. The van der Waals surface area contributed by atoms with E-state index in [9.17, 15) is 9.59 Å². The molecule has 0 N–H and O–H groups in total. The van der Waals surface area contributed by atoms with Gasteiger partial charge in [0.2, 0.25) is 0 Å². The van der Waals surface area contributed by atoms with Gasteiger partial charge in [0.1, 0.15) is 6.10 Å². The van der Waals surface area contributed by atoms with Crippen molar-refractivity contribution in [2.24, 2.45) is 0 Å². The normalized spacial score (nSPS) is 26.7. The zero-order valence-electron chi connectivity index (χ0n) is 11.7. The van der Waals surface area contributed by atoms with Crippen LogP contribution in [0, 0.1) is 0 Å². The highest BCUT2D eigenvalue weighted by molar-refractivity contribution is 6.30. The summed E-state index contributed by atoms with van der Waals surface area (Å²) in [5.74, 6) is -0.0833. The Morgan fingerprint density at radius 3 is 2.41 bits per heavy atom. The molecule has 110 valence electrons. The second-order valence-electron chi connectivity index (χ2n) is 5.74. The molecule has 3 nitrogen and oxygen atoms in total. The Morgan fingerprint density at radius 1 is 1.00 bits per heavy atom. The SMILES string of the molecule is O=C1CCC2(OC2c2ccc(Cl)cc2)C(=O)c2ccccc21. The van der Waals surface area contributed by atoms with Gasteiger partial charge in [0, 0.05) is 22.6 Å². The van der Waals surface area contributed by atoms with Crippen LogP contribution in [0.1, 0.15) is 45.2 Å². The molecule has 4 rings (SSSR count). The average Bonchev–Trinajstić information content (AvgIpc) is 3.29. The molecule has 2 aliphatic rings. The number of hydrogen-bond donors (Lipinski definition) is 0. The maximum absolute atomic E-state index is 12.9. The van der Waals surface area contributed by atoms with Crippen LogP contribution in [0.3, 0.4) is 0 Å². The lowest BCUT2D eigenvalue weighted by atomic mass is 9.89. The zero-order valence-corrected chi connectivity index (χ0v) is 12.5. The van der Waals surface area contributed by atoms with Crippen LogP contribution in [0.4, 0.5) is 0 Å². The third-order valence-electron chi connectivity index (χ3n) is 4.45. The molecular formula is C18H13ClO3. The van der Waals surface area contributed by atoms with Gasteiger partial charge >= 0.3 is 0 Å². The standard InChI is InChI=1S/C18H13ClO3/c19-12-7-5-11(6-8-12)17-18(22-17)10-9-15(20)13-3-1-2-4-14(13)16(18)21/h1-8,17H,9-10H2. The smallest absolute Gasteiger partial charge is 0.198 e. The van der Waals surface area contributed by atoms with Crippen LogP contribution in [0.5, 0.6) is 0 Å². The number of carbonyl (C=O) groups excluding carboxylic acids is 2. The fourth-order valence-corrected chi connectivity index (χ4v) is 3.34. The van der Waals surface area contributed by atoms with Crippen molar-refractivity contribution in [2.75, 3.05) is 0 Å². The number of rotatable bonds is 1. The van der Waals surface area contributed by atoms with Gasteiger partial charge in [-0.15, -0.1) is 0 Å². The maximum atomic E-state index is 12.9. The minimum atomic E-state index is -0.893. The summed E-state index contributed by atoms with van der Waals surface area (Å²) in [6, 6.07) is 14.3. The van der Waals surface area contributed by atoms with E-state index in [4.69, 9.17) is 16.3 Å². The maximum Gasteiger partial charge on any atom is 0.198 e. The lowest BCUT2D eigenvalue weighted by Crippen LogP contribution is -2.24. The molecule has 0 saturated carbocycles. The number of carbonyl (C=O) groups is 2. The third kappa shape index (κ3) is 1.93. The summed E-state index contributed by atoms with van der Waals surface area (Å²) < 4.78 is 5.82. The lowest BCUT2D eigenvalue weighted by Gasteiger charge is -2.09. The van der Waals surface area contributed by atoms with E-state index < -0.39 is 5.60 Å². The monoisotopic (exact) mass is 312 g/mol. The van der Waals surface area contributed by atoms with Crippen molar-refractivity contribution in [3.63, 3.8) is 0 Å². The first kappa shape index (κ1) is 13.7. The Balaban J connectivity index is 1.74. The Hall–Kier alpha value is -1.97. The highest BCUT2D eigenvalue weighted by Gasteiger charge is 2.63. The van der Waals surface area contributed by atoms with Crippen molar-refractivity contribution in [3.05, 3.63) is 70.2 Å². The molecule has 22 heavy (non-hydrogen) atoms. The minimum absolute atomic E-state index is 0.00572. The number of epoxide rings is 1. The van der Waals surface area contributed by atoms with E-state index in [1.54, 1.807) is 36.4 Å². The van der Waals surface area contributed by atoms with Gasteiger partial charge in [-0.2, -0.15) is 0 Å². The first-order valence-corrected chi connectivity index (χ1v) is 7.60. The molecule has 1 fully saturated rings. The van der Waals surface area contributed by atoms with E-state index >= 15 is 0 Å². The van der Waals surface area contributed by atoms with Gasteiger partial charge in [-0.1, -0.05) is 48.0 Å². The Bertz CT molecular complexity index is 781. The lowest BCUT2D eigenvalue weighted by molar-refractivity contribution is 0.0863. The molecule has 1 spiro atoms. The van der Waals surface area contributed by atoms with Gasteiger partial charge in [-0.25, -0.2) is 0 Å². The summed E-state index contributed by atoms with van der Waals surface area (Å²) in [5.41, 5.74) is 1.01. The van der Waals surface area contributed by atoms with Crippen LogP contribution in [0.2, 0.25) is 5.02 Å². The molecule has 1 aliphatic heterocycles.